The van der Waals surface area contributed by atoms with Crippen molar-refractivity contribution < 1.29 is 9.47 Å². The fraction of sp³-hybridized carbons (Fsp3) is 1.00. The summed E-state index contributed by atoms with van der Waals surface area (Å²) in [6.07, 6.45) is 0.243. The summed E-state index contributed by atoms with van der Waals surface area (Å²) >= 11 is 1.92. The average Bonchev–Trinajstić information content (AvgIpc) is 2.43. The van der Waals surface area contributed by atoms with Crippen LogP contribution in [0.15, 0.2) is 0 Å². The van der Waals surface area contributed by atoms with Crippen molar-refractivity contribution >= 4 is 11.8 Å². The van der Waals surface area contributed by atoms with E-state index in [1.165, 1.54) is 0 Å². The summed E-state index contributed by atoms with van der Waals surface area (Å²) in [5.41, 5.74) is 0. The molecule has 0 saturated carbocycles. The normalized spacial score (nSPS) is 24.9. The molecule has 1 fully saturated rings. The Morgan fingerprint density at radius 2 is 1.62 bits per heavy atom. The van der Waals surface area contributed by atoms with E-state index >= 15 is 0 Å². The molecule has 0 aromatic heterocycles. The first kappa shape index (κ1) is 14.3. The van der Waals surface area contributed by atoms with Crippen molar-refractivity contribution in [2.45, 2.75) is 71.0 Å². The van der Waals surface area contributed by atoms with Crippen LogP contribution in [0.1, 0.15) is 41.5 Å². The van der Waals surface area contributed by atoms with E-state index in [9.17, 15) is 0 Å². The van der Waals surface area contributed by atoms with Gasteiger partial charge in [0.25, 0.3) is 0 Å². The van der Waals surface area contributed by atoms with Crippen molar-refractivity contribution in [2.24, 2.45) is 0 Å². The molecule has 1 rings (SSSR count). The lowest BCUT2D eigenvalue weighted by Crippen LogP contribution is -2.47. The van der Waals surface area contributed by atoms with E-state index in [1.54, 1.807) is 0 Å². The Labute approximate surface area is 104 Å². The van der Waals surface area contributed by atoms with Crippen LogP contribution in [0.4, 0.5) is 0 Å². The van der Waals surface area contributed by atoms with Gasteiger partial charge in [0.1, 0.15) is 0 Å². The third kappa shape index (κ3) is 4.62. The summed E-state index contributed by atoms with van der Waals surface area (Å²) in [6, 6.07) is 0.282. The SMILES string of the molecule is CC(C)OC(OC(C)C)[C@H]1CSC(C)(C)N1. The second kappa shape index (κ2) is 5.71. The maximum absolute atomic E-state index is 5.84. The fourth-order valence-electron chi connectivity index (χ4n) is 1.73. The van der Waals surface area contributed by atoms with Crippen LogP contribution in [0.2, 0.25) is 0 Å². The third-order valence-electron chi connectivity index (χ3n) is 2.30. The van der Waals surface area contributed by atoms with E-state index in [1.807, 2.05) is 39.5 Å². The highest BCUT2D eigenvalue weighted by Crippen LogP contribution is 2.31. The Balaban J connectivity index is 2.55. The Bertz CT molecular complexity index is 209. The molecule has 96 valence electrons. The predicted octanol–water partition coefficient (Wildman–Crippen LogP) is 2.60. The quantitative estimate of drug-likeness (QED) is 0.757. The van der Waals surface area contributed by atoms with Gasteiger partial charge in [-0.15, -0.1) is 11.8 Å². The number of rotatable bonds is 5. The van der Waals surface area contributed by atoms with Crippen LogP contribution in [0, 0.1) is 0 Å². The van der Waals surface area contributed by atoms with E-state index in [4.69, 9.17) is 9.47 Å². The molecule has 1 aliphatic heterocycles. The van der Waals surface area contributed by atoms with Crippen LogP contribution in [0.25, 0.3) is 0 Å². The molecule has 0 aliphatic carbocycles. The van der Waals surface area contributed by atoms with Gasteiger partial charge in [-0.05, 0) is 41.5 Å². The zero-order valence-corrected chi connectivity index (χ0v) is 12.1. The van der Waals surface area contributed by atoms with Crippen molar-refractivity contribution in [3.8, 4) is 0 Å². The molecule has 0 radical (unpaired) electrons. The zero-order valence-electron chi connectivity index (χ0n) is 11.2. The molecule has 0 aromatic rings. The molecule has 1 saturated heterocycles. The van der Waals surface area contributed by atoms with Gasteiger partial charge in [0.2, 0.25) is 0 Å². The van der Waals surface area contributed by atoms with Gasteiger partial charge in [0.05, 0.1) is 23.1 Å². The molecule has 1 N–H and O–H groups in total. The smallest absolute Gasteiger partial charge is 0.174 e. The minimum absolute atomic E-state index is 0.129. The summed E-state index contributed by atoms with van der Waals surface area (Å²) in [7, 11) is 0. The molecule has 1 heterocycles. The number of nitrogens with one attached hydrogen (secondary N) is 1. The molecule has 1 aliphatic rings. The van der Waals surface area contributed by atoms with Crippen molar-refractivity contribution in [3.63, 3.8) is 0 Å². The van der Waals surface area contributed by atoms with Crippen LogP contribution >= 0.6 is 11.8 Å². The van der Waals surface area contributed by atoms with E-state index < -0.39 is 0 Å². The highest BCUT2D eigenvalue weighted by atomic mass is 32.2. The second-order valence-corrected chi connectivity index (χ2v) is 6.95. The van der Waals surface area contributed by atoms with Crippen LogP contribution in [0.3, 0.4) is 0 Å². The zero-order chi connectivity index (χ0) is 12.3. The lowest BCUT2D eigenvalue weighted by atomic mass is 10.2. The standard InChI is InChI=1S/C12H25NO2S/c1-8(2)14-11(15-9(3)4)10-7-16-12(5,6)13-10/h8-11,13H,7H2,1-6H3/t10-/m1/s1. The van der Waals surface area contributed by atoms with Gasteiger partial charge < -0.3 is 9.47 Å². The van der Waals surface area contributed by atoms with E-state index in [2.05, 4.69) is 19.2 Å². The summed E-state index contributed by atoms with van der Waals surface area (Å²) in [4.78, 5) is 0.129. The Morgan fingerprint density at radius 1 is 1.12 bits per heavy atom. The molecule has 3 nitrogen and oxygen atoms in total. The number of hydrogen-bond donors (Lipinski definition) is 1. The van der Waals surface area contributed by atoms with Gasteiger partial charge in [-0.3, -0.25) is 5.32 Å². The molecule has 0 aromatic carbocycles. The van der Waals surface area contributed by atoms with Crippen LogP contribution in [-0.4, -0.2) is 35.2 Å². The predicted molar refractivity (Wildman–Crippen MR) is 69.7 cm³/mol. The summed E-state index contributed by atoms with van der Waals surface area (Å²) in [6.45, 7) is 12.6. The van der Waals surface area contributed by atoms with E-state index in [0.29, 0.717) is 0 Å². The fourth-order valence-corrected chi connectivity index (χ4v) is 2.80. The Hall–Kier alpha value is 0.230. The lowest BCUT2D eigenvalue weighted by molar-refractivity contribution is -0.192. The summed E-state index contributed by atoms with van der Waals surface area (Å²) in [5.74, 6) is 1.04. The molecular formula is C12H25NO2S. The first-order valence-corrected chi connectivity index (χ1v) is 7.01. The van der Waals surface area contributed by atoms with Gasteiger partial charge in [-0.25, -0.2) is 0 Å². The third-order valence-corrected chi connectivity index (χ3v) is 3.66. The van der Waals surface area contributed by atoms with Gasteiger partial charge in [0.15, 0.2) is 6.29 Å². The van der Waals surface area contributed by atoms with E-state index in [-0.39, 0.29) is 29.4 Å². The maximum atomic E-state index is 5.84. The topological polar surface area (TPSA) is 30.5 Å². The minimum atomic E-state index is -0.144. The molecular weight excluding hydrogens is 222 g/mol. The van der Waals surface area contributed by atoms with Crippen LogP contribution < -0.4 is 5.32 Å². The number of thioether (sulfide) groups is 1. The van der Waals surface area contributed by atoms with Crippen molar-refractivity contribution in [2.75, 3.05) is 5.75 Å². The molecule has 0 amide bonds. The minimum Gasteiger partial charge on any atom is -0.348 e. The van der Waals surface area contributed by atoms with E-state index in [0.717, 1.165) is 5.75 Å². The maximum Gasteiger partial charge on any atom is 0.174 e. The van der Waals surface area contributed by atoms with Crippen molar-refractivity contribution in [3.05, 3.63) is 0 Å². The highest BCUT2D eigenvalue weighted by molar-refractivity contribution is 8.00. The molecule has 0 spiro atoms. The Kier molecular flexibility index (Phi) is 5.10. The van der Waals surface area contributed by atoms with Crippen LogP contribution in [-0.2, 0) is 9.47 Å². The van der Waals surface area contributed by atoms with Gasteiger partial charge in [-0.1, -0.05) is 0 Å². The van der Waals surface area contributed by atoms with Crippen LogP contribution in [0.5, 0.6) is 0 Å². The number of ether oxygens (including phenoxy) is 2. The largest absolute Gasteiger partial charge is 0.348 e. The summed E-state index contributed by atoms with van der Waals surface area (Å²) in [5, 5.41) is 3.55. The number of hydrogen-bond acceptors (Lipinski definition) is 4. The van der Waals surface area contributed by atoms with Gasteiger partial charge in [-0.2, -0.15) is 0 Å². The molecule has 16 heavy (non-hydrogen) atoms. The average molecular weight is 247 g/mol. The first-order chi connectivity index (χ1) is 7.30. The molecule has 4 heteroatoms. The molecule has 0 unspecified atom stereocenters. The van der Waals surface area contributed by atoms with Gasteiger partial charge in [0, 0.05) is 5.75 Å². The van der Waals surface area contributed by atoms with Crippen molar-refractivity contribution in [1.29, 1.82) is 0 Å². The monoisotopic (exact) mass is 247 g/mol. The highest BCUT2D eigenvalue weighted by Gasteiger charge is 2.37. The Morgan fingerprint density at radius 3 is 1.94 bits per heavy atom. The molecule has 1 atom stereocenters. The first-order valence-electron chi connectivity index (χ1n) is 6.03. The molecule has 0 bridgehead atoms. The summed E-state index contributed by atoms with van der Waals surface area (Å²) < 4.78 is 11.7. The van der Waals surface area contributed by atoms with Crippen molar-refractivity contribution in [1.82, 2.24) is 5.32 Å². The second-order valence-electron chi connectivity index (χ2n) is 5.31. The lowest BCUT2D eigenvalue weighted by Gasteiger charge is -2.29. The van der Waals surface area contributed by atoms with Gasteiger partial charge >= 0.3 is 0 Å².